The van der Waals surface area contributed by atoms with Crippen LogP contribution < -0.4 is 4.74 Å². The van der Waals surface area contributed by atoms with Gasteiger partial charge in [0.15, 0.2) is 0 Å². The number of hydrogen-bond donors (Lipinski definition) is 2. The van der Waals surface area contributed by atoms with Gasteiger partial charge >= 0.3 is 0 Å². The van der Waals surface area contributed by atoms with Gasteiger partial charge in [-0.1, -0.05) is 12.1 Å². The first-order chi connectivity index (χ1) is 8.30. The van der Waals surface area contributed by atoms with Crippen molar-refractivity contribution >= 4 is 0 Å². The summed E-state index contributed by atoms with van der Waals surface area (Å²) < 4.78 is 5.55. The van der Waals surface area contributed by atoms with E-state index in [9.17, 15) is 10.2 Å². The molecular weight excluding hydrogens is 230 g/mol. The molecule has 1 aromatic rings. The highest BCUT2D eigenvalue weighted by molar-refractivity contribution is 5.29. The number of ether oxygens (including phenoxy) is 1. The minimum absolute atomic E-state index is 0.625. The van der Waals surface area contributed by atoms with Crippen LogP contribution in [0.15, 0.2) is 24.3 Å². The summed E-state index contributed by atoms with van der Waals surface area (Å²) >= 11 is 0. The fourth-order valence-electron chi connectivity index (χ4n) is 1.50. The third-order valence-corrected chi connectivity index (χ3v) is 2.67. The molecule has 4 nitrogen and oxygen atoms in total. The lowest BCUT2D eigenvalue weighted by molar-refractivity contribution is -0.0497. The molecule has 0 radical (unpaired) electrons. The largest absolute Gasteiger partial charge is 0.492 e. The molecule has 0 amide bonds. The Hall–Kier alpha value is -1.10. The Kier molecular flexibility index (Phi) is 5.14. The van der Waals surface area contributed by atoms with Crippen molar-refractivity contribution in [3.05, 3.63) is 29.8 Å². The van der Waals surface area contributed by atoms with Crippen LogP contribution in [0.3, 0.4) is 0 Å². The zero-order valence-corrected chi connectivity index (χ0v) is 11.6. The highest BCUT2D eigenvalue weighted by Crippen LogP contribution is 2.26. The lowest BCUT2D eigenvalue weighted by Crippen LogP contribution is -2.28. The average Bonchev–Trinajstić information content (AvgIpc) is 2.27. The number of nitrogens with zero attached hydrogens (tertiary/aromatic N) is 1. The average molecular weight is 253 g/mol. The maximum atomic E-state index is 9.90. The SMILES string of the molecule is CN(C)CCOc1ccc(C(O)C(C)(C)O)cc1. The zero-order chi connectivity index (χ0) is 13.8. The molecular formula is C14H23NO3. The van der Waals surface area contributed by atoms with E-state index < -0.39 is 11.7 Å². The van der Waals surface area contributed by atoms with Crippen molar-refractivity contribution in [1.82, 2.24) is 4.90 Å². The molecule has 0 saturated heterocycles. The van der Waals surface area contributed by atoms with E-state index in [1.807, 2.05) is 19.0 Å². The van der Waals surface area contributed by atoms with Gasteiger partial charge in [0, 0.05) is 6.54 Å². The summed E-state index contributed by atoms with van der Waals surface area (Å²) in [6.07, 6.45) is -0.895. The van der Waals surface area contributed by atoms with Crippen LogP contribution in [0.4, 0.5) is 0 Å². The predicted molar refractivity (Wildman–Crippen MR) is 71.7 cm³/mol. The predicted octanol–water partition coefficient (Wildman–Crippen LogP) is 1.43. The molecule has 1 aromatic carbocycles. The van der Waals surface area contributed by atoms with Crippen LogP contribution in [0.25, 0.3) is 0 Å². The van der Waals surface area contributed by atoms with Gasteiger partial charge in [-0.3, -0.25) is 0 Å². The van der Waals surface area contributed by atoms with E-state index in [1.54, 1.807) is 38.1 Å². The summed E-state index contributed by atoms with van der Waals surface area (Å²) in [6.45, 7) is 4.65. The Morgan fingerprint density at radius 2 is 1.78 bits per heavy atom. The molecule has 0 aromatic heterocycles. The second-order valence-corrected chi connectivity index (χ2v) is 5.28. The van der Waals surface area contributed by atoms with Crippen LogP contribution in [-0.2, 0) is 0 Å². The van der Waals surface area contributed by atoms with Gasteiger partial charge in [0.1, 0.15) is 18.5 Å². The fraction of sp³-hybridized carbons (Fsp3) is 0.571. The van der Waals surface area contributed by atoms with Gasteiger partial charge in [-0.05, 0) is 45.6 Å². The molecule has 0 bridgehead atoms. The van der Waals surface area contributed by atoms with Crippen molar-refractivity contribution in [1.29, 1.82) is 0 Å². The smallest absolute Gasteiger partial charge is 0.119 e. The zero-order valence-electron chi connectivity index (χ0n) is 11.6. The molecule has 0 saturated carbocycles. The monoisotopic (exact) mass is 253 g/mol. The number of aliphatic hydroxyl groups is 2. The van der Waals surface area contributed by atoms with Crippen molar-refractivity contribution in [2.45, 2.75) is 25.6 Å². The lowest BCUT2D eigenvalue weighted by Gasteiger charge is -2.24. The first-order valence-corrected chi connectivity index (χ1v) is 6.08. The van der Waals surface area contributed by atoms with Crippen LogP contribution in [-0.4, -0.2) is 48.0 Å². The molecule has 0 aliphatic carbocycles. The Morgan fingerprint density at radius 1 is 1.22 bits per heavy atom. The van der Waals surface area contributed by atoms with E-state index in [1.165, 1.54) is 0 Å². The lowest BCUT2D eigenvalue weighted by atomic mass is 9.95. The second kappa shape index (κ2) is 6.18. The summed E-state index contributed by atoms with van der Waals surface area (Å²) in [6, 6.07) is 7.15. The summed E-state index contributed by atoms with van der Waals surface area (Å²) in [4.78, 5) is 2.05. The van der Waals surface area contributed by atoms with E-state index in [2.05, 4.69) is 0 Å². The third kappa shape index (κ3) is 4.64. The molecule has 1 atom stereocenters. The number of aliphatic hydroxyl groups excluding tert-OH is 1. The van der Waals surface area contributed by atoms with Gasteiger partial charge in [-0.25, -0.2) is 0 Å². The minimum atomic E-state index is -1.15. The Bertz CT molecular complexity index is 354. The number of hydrogen-bond acceptors (Lipinski definition) is 4. The van der Waals surface area contributed by atoms with Gasteiger partial charge in [0.05, 0.1) is 5.60 Å². The van der Waals surface area contributed by atoms with Gasteiger partial charge in [-0.2, -0.15) is 0 Å². The van der Waals surface area contributed by atoms with Crippen molar-refractivity contribution in [2.75, 3.05) is 27.2 Å². The van der Waals surface area contributed by atoms with Gasteiger partial charge in [0.25, 0.3) is 0 Å². The Balaban J connectivity index is 2.57. The molecule has 0 aliphatic heterocycles. The van der Waals surface area contributed by atoms with E-state index in [0.717, 1.165) is 12.3 Å². The van der Waals surface area contributed by atoms with E-state index in [-0.39, 0.29) is 0 Å². The van der Waals surface area contributed by atoms with Crippen LogP contribution in [0.5, 0.6) is 5.75 Å². The molecule has 4 heteroatoms. The molecule has 0 spiro atoms. The molecule has 0 fully saturated rings. The Morgan fingerprint density at radius 3 is 2.22 bits per heavy atom. The highest BCUT2D eigenvalue weighted by atomic mass is 16.5. The molecule has 18 heavy (non-hydrogen) atoms. The van der Waals surface area contributed by atoms with Gasteiger partial charge in [-0.15, -0.1) is 0 Å². The molecule has 1 unspecified atom stereocenters. The molecule has 0 aliphatic rings. The third-order valence-electron chi connectivity index (χ3n) is 2.67. The minimum Gasteiger partial charge on any atom is -0.492 e. The maximum Gasteiger partial charge on any atom is 0.119 e. The van der Waals surface area contributed by atoms with Crippen molar-refractivity contribution in [2.24, 2.45) is 0 Å². The number of rotatable bonds is 6. The molecule has 1 rings (SSSR count). The van der Waals surface area contributed by atoms with Crippen LogP contribution in [0.2, 0.25) is 0 Å². The summed E-state index contributed by atoms with van der Waals surface area (Å²) in [5.41, 5.74) is -0.463. The van der Waals surface area contributed by atoms with Crippen LogP contribution >= 0.6 is 0 Å². The molecule has 2 N–H and O–H groups in total. The van der Waals surface area contributed by atoms with E-state index in [4.69, 9.17) is 4.74 Å². The molecule has 102 valence electrons. The summed E-state index contributed by atoms with van der Waals surface area (Å²) in [5, 5.41) is 19.6. The van der Waals surface area contributed by atoms with Crippen molar-refractivity contribution < 1.29 is 14.9 Å². The first-order valence-electron chi connectivity index (χ1n) is 6.08. The van der Waals surface area contributed by atoms with Crippen molar-refractivity contribution in [3.63, 3.8) is 0 Å². The normalized spacial score (nSPS) is 13.7. The van der Waals surface area contributed by atoms with Crippen LogP contribution in [0.1, 0.15) is 25.5 Å². The first kappa shape index (κ1) is 15.0. The highest BCUT2D eigenvalue weighted by Gasteiger charge is 2.25. The maximum absolute atomic E-state index is 9.90. The van der Waals surface area contributed by atoms with E-state index >= 15 is 0 Å². The summed E-state index contributed by atoms with van der Waals surface area (Å²) in [5.74, 6) is 0.767. The topological polar surface area (TPSA) is 52.9 Å². The summed E-state index contributed by atoms with van der Waals surface area (Å²) in [7, 11) is 3.98. The Labute approximate surface area is 109 Å². The number of likely N-dealkylation sites (N-methyl/N-ethyl adjacent to an activating group) is 1. The van der Waals surface area contributed by atoms with Gasteiger partial charge in [0.2, 0.25) is 0 Å². The molecule has 0 heterocycles. The quantitative estimate of drug-likeness (QED) is 0.805. The standard InChI is InChI=1S/C14H23NO3/c1-14(2,17)13(16)11-5-7-12(8-6-11)18-10-9-15(3)4/h5-8,13,16-17H,9-10H2,1-4H3. The number of benzene rings is 1. The van der Waals surface area contributed by atoms with Crippen molar-refractivity contribution in [3.8, 4) is 5.75 Å². The second-order valence-electron chi connectivity index (χ2n) is 5.28. The van der Waals surface area contributed by atoms with Gasteiger partial charge < -0.3 is 19.8 Å². The van der Waals surface area contributed by atoms with Crippen LogP contribution in [0, 0.1) is 0 Å². The fourth-order valence-corrected chi connectivity index (χ4v) is 1.50. The van der Waals surface area contributed by atoms with E-state index in [0.29, 0.717) is 12.2 Å².